The first kappa shape index (κ1) is 13.7. The van der Waals surface area contributed by atoms with Crippen LogP contribution in [0.15, 0.2) is 42.9 Å². The van der Waals surface area contributed by atoms with Crippen molar-refractivity contribution in [3.05, 3.63) is 48.5 Å². The second kappa shape index (κ2) is 6.43. The molecule has 3 aromatic rings. The molecule has 0 atom stereocenters. The predicted octanol–water partition coefficient (Wildman–Crippen LogP) is 1.55. The molecule has 0 saturated carbocycles. The molecule has 1 N–H and O–H groups in total. The van der Waals surface area contributed by atoms with Gasteiger partial charge in [0, 0.05) is 43.4 Å². The van der Waals surface area contributed by atoms with Crippen molar-refractivity contribution in [1.82, 2.24) is 25.3 Å². The van der Waals surface area contributed by atoms with Crippen LogP contribution in [0.2, 0.25) is 0 Å². The van der Waals surface area contributed by atoms with Crippen LogP contribution in [-0.2, 0) is 11.3 Å². The van der Waals surface area contributed by atoms with Crippen molar-refractivity contribution in [2.24, 2.45) is 0 Å². The first-order valence-electron chi connectivity index (χ1n) is 6.82. The third-order valence-electron chi connectivity index (χ3n) is 3.23. The van der Waals surface area contributed by atoms with Crippen LogP contribution < -0.4 is 5.32 Å². The molecule has 0 aliphatic carbocycles. The molecule has 2 aromatic heterocycles. The van der Waals surface area contributed by atoms with E-state index in [1.807, 2.05) is 36.7 Å². The van der Waals surface area contributed by atoms with Crippen LogP contribution in [0.4, 0.5) is 0 Å². The van der Waals surface area contributed by atoms with Crippen molar-refractivity contribution in [2.45, 2.75) is 6.54 Å². The normalized spacial score (nSPS) is 11.1. The van der Waals surface area contributed by atoms with Crippen molar-refractivity contribution in [3.63, 3.8) is 0 Å². The zero-order valence-electron chi connectivity index (χ0n) is 11.9. The van der Waals surface area contributed by atoms with Crippen molar-refractivity contribution >= 4 is 10.8 Å². The summed E-state index contributed by atoms with van der Waals surface area (Å²) in [6, 6.07) is 8.05. The number of fused-ring (bicyclic) bond motifs is 1. The Morgan fingerprint density at radius 2 is 2.24 bits per heavy atom. The minimum absolute atomic E-state index is 0.676. The lowest BCUT2D eigenvalue weighted by molar-refractivity contribution is 0.199. The number of nitrogens with one attached hydrogen (secondary N) is 1. The van der Waals surface area contributed by atoms with Gasteiger partial charge < -0.3 is 10.1 Å². The van der Waals surface area contributed by atoms with E-state index in [2.05, 4.69) is 20.6 Å². The lowest BCUT2D eigenvalue weighted by Gasteiger charge is -2.04. The molecule has 21 heavy (non-hydrogen) atoms. The average Bonchev–Trinajstić information content (AvgIpc) is 3.00. The fourth-order valence-electron chi connectivity index (χ4n) is 2.19. The van der Waals surface area contributed by atoms with Gasteiger partial charge in [-0.2, -0.15) is 0 Å². The minimum atomic E-state index is 0.676. The number of nitrogens with zero attached hydrogens (tertiary/aromatic N) is 4. The van der Waals surface area contributed by atoms with Crippen molar-refractivity contribution in [2.75, 3.05) is 20.3 Å². The van der Waals surface area contributed by atoms with Gasteiger partial charge in [0.15, 0.2) is 0 Å². The second-order valence-electron chi connectivity index (χ2n) is 4.70. The van der Waals surface area contributed by atoms with E-state index in [9.17, 15) is 0 Å². The van der Waals surface area contributed by atoms with Crippen molar-refractivity contribution in [1.29, 1.82) is 0 Å². The van der Waals surface area contributed by atoms with E-state index < -0.39 is 0 Å². The third-order valence-corrected chi connectivity index (χ3v) is 3.23. The molecule has 1 aromatic carbocycles. The Kier molecular flexibility index (Phi) is 4.18. The van der Waals surface area contributed by atoms with Crippen LogP contribution in [-0.4, -0.2) is 40.2 Å². The molecule has 2 heterocycles. The minimum Gasteiger partial charge on any atom is -0.383 e. The average molecular weight is 283 g/mol. The van der Waals surface area contributed by atoms with Gasteiger partial charge in [-0.15, -0.1) is 5.10 Å². The molecule has 0 amide bonds. The maximum Gasteiger partial charge on any atom is 0.0969 e. The van der Waals surface area contributed by atoms with E-state index in [0.29, 0.717) is 13.2 Å². The smallest absolute Gasteiger partial charge is 0.0969 e. The van der Waals surface area contributed by atoms with Gasteiger partial charge in [0.25, 0.3) is 0 Å². The van der Waals surface area contributed by atoms with Crippen molar-refractivity contribution in [3.8, 4) is 5.69 Å². The van der Waals surface area contributed by atoms with Crippen LogP contribution >= 0.6 is 0 Å². The van der Waals surface area contributed by atoms with Gasteiger partial charge in [-0.05, 0) is 12.1 Å². The number of hydrogen-bond donors (Lipinski definition) is 1. The van der Waals surface area contributed by atoms with Crippen LogP contribution in [0.1, 0.15) is 5.69 Å². The molecular weight excluding hydrogens is 266 g/mol. The first-order valence-corrected chi connectivity index (χ1v) is 6.82. The van der Waals surface area contributed by atoms with E-state index in [-0.39, 0.29) is 0 Å². The maximum absolute atomic E-state index is 4.99. The van der Waals surface area contributed by atoms with Crippen LogP contribution in [0.3, 0.4) is 0 Å². The summed E-state index contributed by atoms with van der Waals surface area (Å²) in [6.45, 7) is 2.16. The topological polar surface area (TPSA) is 64.9 Å². The number of ether oxygens (including phenoxy) is 1. The van der Waals surface area contributed by atoms with Gasteiger partial charge in [-0.1, -0.05) is 17.3 Å². The molecule has 108 valence electrons. The van der Waals surface area contributed by atoms with Gasteiger partial charge in [-0.3, -0.25) is 4.98 Å². The van der Waals surface area contributed by atoms with E-state index >= 15 is 0 Å². The summed E-state index contributed by atoms with van der Waals surface area (Å²) in [7, 11) is 1.69. The highest BCUT2D eigenvalue weighted by atomic mass is 16.5. The Bertz CT molecular complexity index is 719. The number of methoxy groups -OCH3 is 1. The molecule has 6 nitrogen and oxygen atoms in total. The Hall–Kier alpha value is -2.31. The molecule has 0 fully saturated rings. The monoisotopic (exact) mass is 283 g/mol. The Labute approximate surface area is 122 Å². The largest absolute Gasteiger partial charge is 0.383 e. The quantitative estimate of drug-likeness (QED) is 0.695. The lowest BCUT2D eigenvalue weighted by Crippen LogP contribution is -2.18. The Morgan fingerprint density at radius 1 is 1.29 bits per heavy atom. The summed E-state index contributed by atoms with van der Waals surface area (Å²) in [6.07, 6.45) is 5.58. The Balaban J connectivity index is 1.81. The molecule has 0 saturated heterocycles. The van der Waals surface area contributed by atoms with Crippen LogP contribution in [0, 0.1) is 0 Å². The standard InChI is InChI=1S/C15H17N5O/c1-21-8-7-17-10-13-11-20(19-18-13)15-4-2-3-12-9-16-6-5-14(12)15/h2-6,9,11,17H,7-8,10H2,1H3. The van der Waals surface area contributed by atoms with E-state index in [1.165, 1.54) is 0 Å². The SMILES string of the molecule is COCCNCc1cn(-c2cccc3cnccc23)nn1. The van der Waals surface area contributed by atoms with Crippen LogP contribution in [0.25, 0.3) is 16.5 Å². The second-order valence-corrected chi connectivity index (χ2v) is 4.70. The zero-order chi connectivity index (χ0) is 14.5. The van der Waals surface area contributed by atoms with Gasteiger partial charge in [0.1, 0.15) is 0 Å². The number of hydrogen-bond acceptors (Lipinski definition) is 5. The molecule has 3 rings (SSSR count). The molecule has 0 unspecified atom stereocenters. The highest BCUT2D eigenvalue weighted by molar-refractivity contribution is 5.89. The molecule has 0 spiro atoms. The van der Waals surface area contributed by atoms with Gasteiger partial charge in [0.2, 0.25) is 0 Å². The first-order chi connectivity index (χ1) is 10.4. The summed E-state index contributed by atoms with van der Waals surface area (Å²) in [5.41, 5.74) is 1.91. The number of benzene rings is 1. The zero-order valence-corrected chi connectivity index (χ0v) is 11.9. The van der Waals surface area contributed by atoms with E-state index in [4.69, 9.17) is 4.74 Å². The van der Waals surface area contributed by atoms with Gasteiger partial charge in [0.05, 0.1) is 24.2 Å². The number of pyridine rings is 1. The van der Waals surface area contributed by atoms with Gasteiger partial charge in [-0.25, -0.2) is 4.68 Å². The Morgan fingerprint density at radius 3 is 3.14 bits per heavy atom. The molecule has 0 bridgehead atoms. The molecule has 0 radical (unpaired) electrons. The summed E-state index contributed by atoms with van der Waals surface area (Å²) in [5.74, 6) is 0. The molecule has 0 aliphatic heterocycles. The fourth-order valence-corrected chi connectivity index (χ4v) is 2.19. The summed E-state index contributed by atoms with van der Waals surface area (Å²) in [5, 5.41) is 13.9. The van der Waals surface area contributed by atoms with E-state index in [1.54, 1.807) is 18.0 Å². The summed E-state index contributed by atoms with van der Waals surface area (Å²) >= 11 is 0. The van der Waals surface area contributed by atoms with Crippen LogP contribution in [0.5, 0.6) is 0 Å². The number of aromatic nitrogens is 4. The highest BCUT2D eigenvalue weighted by Gasteiger charge is 2.06. The highest BCUT2D eigenvalue weighted by Crippen LogP contribution is 2.20. The number of rotatable bonds is 6. The molecule has 0 aliphatic rings. The lowest BCUT2D eigenvalue weighted by atomic mass is 10.1. The molecule has 6 heteroatoms. The third kappa shape index (κ3) is 3.07. The van der Waals surface area contributed by atoms with E-state index in [0.717, 1.165) is 28.7 Å². The molecular formula is C15H17N5O. The van der Waals surface area contributed by atoms with Gasteiger partial charge >= 0.3 is 0 Å². The maximum atomic E-state index is 4.99. The summed E-state index contributed by atoms with van der Waals surface area (Å²) in [4.78, 5) is 4.14. The summed E-state index contributed by atoms with van der Waals surface area (Å²) < 4.78 is 6.79. The van der Waals surface area contributed by atoms with Crippen molar-refractivity contribution < 1.29 is 4.74 Å². The predicted molar refractivity (Wildman–Crippen MR) is 80.2 cm³/mol. The fraction of sp³-hybridized carbons (Fsp3) is 0.267.